The van der Waals surface area contributed by atoms with Crippen molar-refractivity contribution in [3.8, 4) is 0 Å². The molecule has 3 aliphatic rings. The van der Waals surface area contributed by atoms with Crippen LogP contribution in [0.2, 0.25) is 0 Å². The maximum atomic E-state index is 13.4. The number of hydrogen-bond acceptors (Lipinski definition) is 6. The zero-order valence-corrected chi connectivity index (χ0v) is 19.8. The predicted octanol–water partition coefficient (Wildman–Crippen LogP) is 4.43. The molecule has 6 nitrogen and oxygen atoms in total. The molecule has 176 valence electrons. The predicted molar refractivity (Wildman–Crippen MR) is 128 cm³/mol. The molecule has 0 radical (unpaired) electrons. The Labute approximate surface area is 199 Å². The van der Waals surface area contributed by atoms with Crippen molar-refractivity contribution in [2.45, 2.75) is 32.9 Å². The molecule has 2 aliphatic heterocycles. The molecule has 2 aromatic carbocycles. The van der Waals surface area contributed by atoms with E-state index >= 15 is 0 Å². The van der Waals surface area contributed by atoms with Crippen LogP contribution in [0.25, 0.3) is 11.3 Å². The monoisotopic (exact) mass is 459 g/mol. The molecule has 2 unspecified atom stereocenters. The maximum absolute atomic E-state index is 13.4. The molecule has 2 aromatic rings. The van der Waals surface area contributed by atoms with E-state index in [2.05, 4.69) is 11.8 Å². The minimum Gasteiger partial charge on any atom is -0.463 e. The van der Waals surface area contributed by atoms with Gasteiger partial charge in [0.2, 0.25) is 0 Å². The van der Waals surface area contributed by atoms with Crippen LogP contribution in [-0.4, -0.2) is 48.9 Å². The van der Waals surface area contributed by atoms with Crippen LogP contribution in [-0.2, 0) is 23.8 Å². The third-order valence-electron chi connectivity index (χ3n) is 7.09. The highest BCUT2D eigenvalue weighted by molar-refractivity contribution is 6.09. The zero-order valence-electron chi connectivity index (χ0n) is 19.8. The highest BCUT2D eigenvalue weighted by Gasteiger charge is 2.73. The largest absolute Gasteiger partial charge is 0.463 e. The lowest BCUT2D eigenvalue weighted by Crippen LogP contribution is -2.68. The molecule has 0 bridgehead atoms. The zero-order chi connectivity index (χ0) is 23.9. The average Bonchev–Trinajstić information content (AvgIpc) is 3.30. The van der Waals surface area contributed by atoms with Gasteiger partial charge in [-0.25, -0.2) is 9.59 Å². The van der Waals surface area contributed by atoms with Crippen LogP contribution in [0, 0.1) is 5.41 Å². The fraction of sp³-hybridized carbons (Fsp3) is 0.357. The van der Waals surface area contributed by atoms with Crippen LogP contribution >= 0.6 is 0 Å². The van der Waals surface area contributed by atoms with Gasteiger partial charge in [-0.1, -0.05) is 67.6 Å². The van der Waals surface area contributed by atoms with Crippen molar-refractivity contribution in [1.29, 1.82) is 0 Å². The lowest BCUT2D eigenvalue weighted by Gasteiger charge is -2.63. The highest BCUT2D eigenvalue weighted by atomic mass is 16.6. The summed E-state index contributed by atoms with van der Waals surface area (Å²) >= 11 is 0. The second-order valence-corrected chi connectivity index (χ2v) is 8.90. The summed E-state index contributed by atoms with van der Waals surface area (Å²) in [6.45, 7) is 7.24. The Morgan fingerprint density at radius 2 is 1.50 bits per heavy atom. The molecule has 2 heterocycles. The van der Waals surface area contributed by atoms with Gasteiger partial charge in [-0.2, -0.15) is 0 Å². The van der Waals surface area contributed by atoms with E-state index in [1.807, 2.05) is 67.6 Å². The number of ether oxygens (including phenoxy) is 3. The third-order valence-corrected chi connectivity index (χ3v) is 7.09. The van der Waals surface area contributed by atoms with Crippen LogP contribution in [0.1, 0.15) is 38.3 Å². The first-order valence-electron chi connectivity index (χ1n) is 11.8. The molecular formula is C28H29NO5. The van der Waals surface area contributed by atoms with Crippen molar-refractivity contribution >= 4 is 23.2 Å². The number of carbonyl (C=O) groups excluding carboxylic acids is 2. The molecule has 0 aromatic heterocycles. The summed E-state index contributed by atoms with van der Waals surface area (Å²) in [5, 5.41) is 0. The number of nitrogens with zero attached hydrogens (tertiary/aromatic N) is 1. The Bertz CT molecular complexity index is 1190. The van der Waals surface area contributed by atoms with Crippen LogP contribution in [0.3, 0.4) is 0 Å². The molecule has 0 amide bonds. The Morgan fingerprint density at radius 3 is 2.12 bits per heavy atom. The van der Waals surface area contributed by atoms with Gasteiger partial charge in [0, 0.05) is 6.54 Å². The van der Waals surface area contributed by atoms with Gasteiger partial charge in [-0.3, -0.25) is 0 Å². The van der Waals surface area contributed by atoms with Crippen molar-refractivity contribution in [3.63, 3.8) is 0 Å². The van der Waals surface area contributed by atoms with E-state index in [9.17, 15) is 9.59 Å². The summed E-state index contributed by atoms with van der Waals surface area (Å²) in [5.41, 5.74) is 2.94. The highest BCUT2D eigenvalue weighted by Crippen LogP contribution is 2.69. The average molecular weight is 460 g/mol. The summed E-state index contributed by atoms with van der Waals surface area (Å²) in [4.78, 5) is 28.8. The van der Waals surface area contributed by atoms with Crippen molar-refractivity contribution in [3.05, 3.63) is 82.9 Å². The maximum Gasteiger partial charge on any atom is 0.339 e. The quantitative estimate of drug-likeness (QED) is 0.596. The van der Waals surface area contributed by atoms with Gasteiger partial charge >= 0.3 is 11.9 Å². The molecule has 1 aliphatic carbocycles. The van der Waals surface area contributed by atoms with Gasteiger partial charge in [0.15, 0.2) is 5.72 Å². The SMILES string of the molecule is CCOC(=O)C1=C(c2ccccc2)N2CCOC23C(C(=O)OCC)=C(c2ccccc2)C3(C)C1. The summed E-state index contributed by atoms with van der Waals surface area (Å²) in [6, 6.07) is 19.6. The van der Waals surface area contributed by atoms with Crippen LogP contribution < -0.4 is 0 Å². The first-order valence-corrected chi connectivity index (χ1v) is 11.8. The molecular weight excluding hydrogens is 430 g/mol. The summed E-state index contributed by atoms with van der Waals surface area (Å²) < 4.78 is 17.5. The number of esters is 2. The lowest BCUT2D eigenvalue weighted by molar-refractivity contribution is -0.159. The Kier molecular flexibility index (Phi) is 5.56. The summed E-state index contributed by atoms with van der Waals surface area (Å²) in [5.74, 6) is -0.710. The number of hydrogen-bond donors (Lipinski definition) is 0. The fourth-order valence-electron chi connectivity index (χ4n) is 5.91. The standard InChI is InChI=1S/C28H29NO5/c1-4-32-25(30)21-18-27(3)22(19-12-8-6-9-13-19)23(26(31)33-5-2)28(27)29(16-17-34-28)24(21)20-14-10-7-11-15-20/h6-15H,4-5,16-18H2,1-3H3. The smallest absolute Gasteiger partial charge is 0.339 e. The Hall–Kier alpha value is -3.38. The van der Waals surface area contributed by atoms with E-state index in [0.29, 0.717) is 30.7 Å². The number of rotatable bonds is 6. The van der Waals surface area contributed by atoms with Crippen molar-refractivity contribution in [2.24, 2.45) is 5.41 Å². The molecule has 1 fully saturated rings. The molecule has 1 saturated heterocycles. The number of carbonyl (C=O) groups is 2. The third kappa shape index (κ3) is 2.98. The van der Waals surface area contributed by atoms with Gasteiger partial charge in [0.25, 0.3) is 0 Å². The van der Waals surface area contributed by atoms with Crippen molar-refractivity contribution in [2.75, 3.05) is 26.4 Å². The van der Waals surface area contributed by atoms with Crippen LogP contribution in [0.15, 0.2) is 71.8 Å². The van der Waals surface area contributed by atoms with Crippen molar-refractivity contribution < 1.29 is 23.8 Å². The van der Waals surface area contributed by atoms with Gasteiger partial charge in [-0.05, 0) is 37.0 Å². The van der Waals surface area contributed by atoms with E-state index in [4.69, 9.17) is 14.2 Å². The molecule has 2 atom stereocenters. The van der Waals surface area contributed by atoms with E-state index in [-0.39, 0.29) is 25.2 Å². The molecule has 0 saturated carbocycles. The van der Waals surface area contributed by atoms with Gasteiger partial charge in [0.1, 0.15) is 0 Å². The van der Waals surface area contributed by atoms with Crippen LogP contribution in [0.5, 0.6) is 0 Å². The van der Waals surface area contributed by atoms with Gasteiger partial charge in [0.05, 0.1) is 42.1 Å². The fourth-order valence-corrected chi connectivity index (χ4v) is 5.91. The normalized spacial score (nSPS) is 25.4. The van der Waals surface area contributed by atoms with E-state index in [1.54, 1.807) is 6.92 Å². The van der Waals surface area contributed by atoms with E-state index in [1.165, 1.54) is 0 Å². The summed E-state index contributed by atoms with van der Waals surface area (Å²) in [6.07, 6.45) is 0.389. The van der Waals surface area contributed by atoms with Crippen molar-refractivity contribution in [1.82, 2.24) is 4.90 Å². The lowest BCUT2D eigenvalue weighted by atomic mass is 9.51. The second-order valence-electron chi connectivity index (χ2n) is 8.90. The minimum atomic E-state index is -1.01. The first-order chi connectivity index (χ1) is 16.5. The van der Waals surface area contributed by atoms with Gasteiger partial charge < -0.3 is 19.1 Å². The van der Waals surface area contributed by atoms with E-state index in [0.717, 1.165) is 22.4 Å². The molecule has 5 rings (SSSR count). The van der Waals surface area contributed by atoms with E-state index < -0.39 is 11.1 Å². The topological polar surface area (TPSA) is 65.1 Å². The Morgan fingerprint density at radius 1 is 0.912 bits per heavy atom. The second kappa shape index (κ2) is 8.44. The van der Waals surface area contributed by atoms with Gasteiger partial charge in [-0.15, -0.1) is 0 Å². The molecule has 1 spiro atoms. The first kappa shape index (κ1) is 22.4. The Balaban J connectivity index is 1.77. The minimum absolute atomic E-state index is 0.270. The molecule has 0 N–H and O–H groups in total. The molecule has 34 heavy (non-hydrogen) atoms. The van der Waals surface area contributed by atoms with Crippen LogP contribution in [0.4, 0.5) is 0 Å². The summed E-state index contributed by atoms with van der Waals surface area (Å²) in [7, 11) is 0. The molecule has 6 heteroatoms. The number of benzene rings is 2.